The summed E-state index contributed by atoms with van der Waals surface area (Å²) in [5.41, 5.74) is 0. The molecule has 0 N–H and O–H groups in total. The molecule has 0 spiro atoms. The molecule has 1 aromatic rings. The number of halogens is 4. The molecule has 0 unspecified atom stereocenters. The minimum Gasteiger partial charge on any atom is -0.206 e. The highest BCUT2D eigenvalue weighted by atomic mass is 79.9. The Balaban J connectivity index is 3.48. The molecular formula is C4Br2Cl2O2S2. The van der Waals surface area contributed by atoms with Crippen LogP contribution in [0.25, 0.3) is 0 Å². The van der Waals surface area contributed by atoms with Crippen molar-refractivity contribution < 1.29 is 8.42 Å². The molecule has 0 bridgehead atoms. The molecule has 0 radical (unpaired) electrons. The van der Waals surface area contributed by atoms with Crippen LogP contribution in [0.4, 0.5) is 0 Å². The third-order valence-electron chi connectivity index (χ3n) is 0.948. The fraction of sp³-hybridized carbons (Fsp3) is 0. The van der Waals surface area contributed by atoms with Gasteiger partial charge in [-0.3, -0.25) is 0 Å². The molecule has 8 heteroatoms. The Morgan fingerprint density at radius 3 is 1.92 bits per heavy atom. The van der Waals surface area contributed by atoms with Gasteiger partial charge in [-0.25, -0.2) is 8.42 Å². The number of hydrogen-bond acceptors (Lipinski definition) is 3. The monoisotopic (exact) mass is 372 g/mol. The normalized spacial score (nSPS) is 12.0. The predicted molar refractivity (Wildman–Crippen MR) is 57.8 cm³/mol. The molecule has 0 amide bonds. The van der Waals surface area contributed by atoms with E-state index in [1.54, 1.807) is 0 Å². The van der Waals surface area contributed by atoms with Gasteiger partial charge < -0.3 is 0 Å². The molecule has 0 aliphatic carbocycles. The van der Waals surface area contributed by atoms with Crippen LogP contribution in [0.15, 0.2) is 13.2 Å². The Hall–Kier alpha value is 1.19. The van der Waals surface area contributed by atoms with E-state index < -0.39 is 9.05 Å². The van der Waals surface area contributed by atoms with Crippen LogP contribution < -0.4 is 0 Å². The first-order valence-corrected chi connectivity index (χ1v) is 7.51. The molecule has 2 nitrogen and oxygen atoms in total. The molecule has 12 heavy (non-hydrogen) atoms. The summed E-state index contributed by atoms with van der Waals surface area (Å²) in [6, 6.07) is 0. The van der Waals surface area contributed by atoms with Gasteiger partial charge in [-0.1, -0.05) is 11.6 Å². The van der Waals surface area contributed by atoms with Crippen LogP contribution in [0.1, 0.15) is 0 Å². The van der Waals surface area contributed by atoms with Crippen molar-refractivity contribution in [3.05, 3.63) is 13.3 Å². The van der Waals surface area contributed by atoms with Crippen LogP contribution in [0.3, 0.4) is 0 Å². The van der Waals surface area contributed by atoms with Crippen LogP contribution in [-0.2, 0) is 9.05 Å². The second-order valence-electron chi connectivity index (χ2n) is 1.73. The first-order valence-electron chi connectivity index (χ1n) is 2.42. The fourth-order valence-electron chi connectivity index (χ4n) is 0.504. The summed E-state index contributed by atoms with van der Waals surface area (Å²) in [7, 11) is 1.42. The van der Waals surface area contributed by atoms with Gasteiger partial charge in [0, 0.05) is 10.7 Å². The van der Waals surface area contributed by atoms with Crippen LogP contribution in [0.2, 0.25) is 4.34 Å². The maximum absolute atomic E-state index is 10.9. The Bertz CT molecular complexity index is 411. The van der Waals surface area contributed by atoms with E-state index in [1.807, 2.05) is 0 Å². The van der Waals surface area contributed by atoms with Crippen LogP contribution in [0, 0.1) is 0 Å². The largest absolute Gasteiger partial charge is 0.271 e. The van der Waals surface area contributed by atoms with E-state index in [1.165, 1.54) is 0 Å². The zero-order chi connectivity index (χ0) is 9.52. The highest BCUT2D eigenvalue weighted by Crippen LogP contribution is 2.44. The average Bonchev–Trinajstić information content (AvgIpc) is 2.15. The Morgan fingerprint density at radius 2 is 1.75 bits per heavy atom. The van der Waals surface area contributed by atoms with Gasteiger partial charge in [0.2, 0.25) is 0 Å². The minimum absolute atomic E-state index is 0.0149. The summed E-state index contributed by atoms with van der Waals surface area (Å²) in [5.74, 6) is 0. The summed E-state index contributed by atoms with van der Waals surface area (Å²) in [6.45, 7) is 0. The maximum Gasteiger partial charge on any atom is 0.271 e. The number of thiophene rings is 1. The van der Waals surface area contributed by atoms with E-state index in [2.05, 4.69) is 31.9 Å². The SMILES string of the molecule is O=S(=O)(Cl)c1sc(Cl)c(Br)c1Br. The highest BCUT2D eigenvalue weighted by molar-refractivity contribution is 9.13. The van der Waals surface area contributed by atoms with E-state index in [0.29, 0.717) is 13.3 Å². The van der Waals surface area contributed by atoms with E-state index in [4.69, 9.17) is 22.3 Å². The van der Waals surface area contributed by atoms with E-state index in [9.17, 15) is 8.42 Å². The van der Waals surface area contributed by atoms with E-state index >= 15 is 0 Å². The molecule has 0 saturated heterocycles. The molecule has 68 valence electrons. The zero-order valence-corrected chi connectivity index (χ0v) is 11.5. The Labute approximate surface area is 99.5 Å². The van der Waals surface area contributed by atoms with Crippen molar-refractivity contribution in [2.45, 2.75) is 4.21 Å². The summed E-state index contributed by atoms with van der Waals surface area (Å²) in [5, 5.41) is 0. The van der Waals surface area contributed by atoms with Gasteiger partial charge in [0.05, 0.1) is 8.95 Å². The van der Waals surface area contributed by atoms with Crippen molar-refractivity contribution in [2.75, 3.05) is 0 Å². The zero-order valence-electron chi connectivity index (χ0n) is 5.14. The third-order valence-corrected chi connectivity index (χ3v) is 7.57. The summed E-state index contributed by atoms with van der Waals surface area (Å²) < 4.78 is 23.0. The van der Waals surface area contributed by atoms with Crippen LogP contribution >= 0.6 is 65.5 Å². The van der Waals surface area contributed by atoms with Crippen molar-refractivity contribution in [3.8, 4) is 0 Å². The van der Waals surface area contributed by atoms with Crippen LogP contribution in [-0.4, -0.2) is 8.42 Å². The highest BCUT2D eigenvalue weighted by Gasteiger charge is 2.22. The summed E-state index contributed by atoms with van der Waals surface area (Å²) >= 11 is 12.7. The quantitative estimate of drug-likeness (QED) is 0.699. The van der Waals surface area contributed by atoms with Crippen molar-refractivity contribution in [3.63, 3.8) is 0 Å². The molecule has 0 saturated carbocycles. The lowest BCUT2D eigenvalue weighted by Gasteiger charge is -1.89. The second-order valence-corrected chi connectivity index (χ2v) is 7.70. The van der Waals surface area contributed by atoms with Gasteiger partial charge in [-0.15, -0.1) is 11.3 Å². The van der Waals surface area contributed by atoms with Crippen molar-refractivity contribution >= 4 is 74.5 Å². The van der Waals surface area contributed by atoms with Gasteiger partial charge in [-0.05, 0) is 31.9 Å². The van der Waals surface area contributed by atoms with E-state index in [-0.39, 0.29) is 4.21 Å². The second kappa shape index (κ2) is 3.74. The topological polar surface area (TPSA) is 34.1 Å². The van der Waals surface area contributed by atoms with Gasteiger partial charge in [0.15, 0.2) is 4.21 Å². The van der Waals surface area contributed by atoms with Gasteiger partial charge >= 0.3 is 0 Å². The van der Waals surface area contributed by atoms with Crippen molar-refractivity contribution in [1.29, 1.82) is 0 Å². The molecule has 0 fully saturated rings. The lowest BCUT2D eigenvalue weighted by atomic mass is 10.7. The Kier molecular flexibility index (Phi) is 3.52. The molecule has 0 aromatic carbocycles. The summed E-state index contributed by atoms with van der Waals surface area (Å²) in [4.78, 5) is 0. The number of hydrogen-bond donors (Lipinski definition) is 0. The smallest absolute Gasteiger partial charge is 0.206 e. The lowest BCUT2D eigenvalue weighted by molar-refractivity contribution is 0.611. The fourth-order valence-corrected chi connectivity index (χ4v) is 5.30. The van der Waals surface area contributed by atoms with Gasteiger partial charge in [0.1, 0.15) is 4.34 Å². The predicted octanol–water partition coefficient (Wildman–Crippen LogP) is 3.85. The standard InChI is InChI=1S/C4Br2Cl2O2S2/c5-1-2(6)4(11-3(1)7)12(8,9)10. The molecule has 0 aliphatic heterocycles. The maximum atomic E-state index is 10.9. The molecule has 1 heterocycles. The lowest BCUT2D eigenvalue weighted by Crippen LogP contribution is -1.85. The molecule has 1 aromatic heterocycles. The van der Waals surface area contributed by atoms with Gasteiger partial charge in [0.25, 0.3) is 9.05 Å². The average molecular weight is 375 g/mol. The summed E-state index contributed by atoms with van der Waals surface area (Å²) in [6.07, 6.45) is 0. The first-order chi connectivity index (χ1) is 5.34. The third kappa shape index (κ3) is 2.16. The van der Waals surface area contributed by atoms with Crippen molar-refractivity contribution in [2.24, 2.45) is 0 Å². The number of rotatable bonds is 1. The molecule has 0 atom stereocenters. The molecule has 1 rings (SSSR count). The van der Waals surface area contributed by atoms with Crippen LogP contribution in [0.5, 0.6) is 0 Å². The molecule has 0 aliphatic rings. The minimum atomic E-state index is -3.71. The Morgan fingerprint density at radius 1 is 1.25 bits per heavy atom. The van der Waals surface area contributed by atoms with Gasteiger partial charge in [-0.2, -0.15) is 0 Å². The van der Waals surface area contributed by atoms with E-state index in [0.717, 1.165) is 11.3 Å². The molecular weight excluding hydrogens is 375 g/mol. The van der Waals surface area contributed by atoms with Crippen molar-refractivity contribution in [1.82, 2.24) is 0 Å². The first kappa shape index (κ1) is 11.3.